The molecule has 42 heavy (non-hydrogen) atoms. The number of rotatable bonds is 7. The van der Waals surface area contributed by atoms with Crippen molar-refractivity contribution >= 4 is 11.8 Å². The molecule has 1 atom stereocenters. The summed E-state index contributed by atoms with van der Waals surface area (Å²) < 4.78 is 0. The Kier molecular flexibility index (Phi) is 9.42. The third-order valence-electron chi connectivity index (χ3n) is 8.63. The van der Waals surface area contributed by atoms with Crippen LogP contribution in [0.25, 0.3) is 22.5 Å². The molecule has 0 aliphatic carbocycles. The van der Waals surface area contributed by atoms with E-state index in [-0.39, 0.29) is 11.3 Å². The Balaban J connectivity index is 1.18. The summed E-state index contributed by atoms with van der Waals surface area (Å²) in [5, 5.41) is 0. The zero-order chi connectivity index (χ0) is 29.7. The van der Waals surface area contributed by atoms with E-state index in [1.54, 1.807) is 0 Å². The Morgan fingerprint density at radius 3 is 1.81 bits per heavy atom. The third-order valence-corrected chi connectivity index (χ3v) is 8.63. The number of aromatic nitrogens is 1. The van der Waals surface area contributed by atoms with Gasteiger partial charge in [-0.05, 0) is 42.7 Å². The lowest BCUT2D eigenvalue weighted by molar-refractivity contribution is -0.134. The first-order valence-electron chi connectivity index (χ1n) is 15.6. The van der Waals surface area contributed by atoms with E-state index in [2.05, 4.69) is 37.5 Å². The van der Waals surface area contributed by atoms with Crippen LogP contribution in [0.2, 0.25) is 0 Å². The van der Waals surface area contributed by atoms with Crippen LogP contribution in [-0.4, -0.2) is 76.8 Å². The lowest BCUT2D eigenvalue weighted by atomic mass is 9.84. The zero-order valence-electron chi connectivity index (χ0n) is 25.8. The Hall–Kier alpha value is -3.51. The number of pyridine rings is 1. The maximum atomic E-state index is 13.8. The monoisotopic (exact) mass is 566 g/mol. The van der Waals surface area contributed by atoms with Gasteiger partial charge in [0.15, 0.2) is 0 Å². The van der Waals surface area contributed by atoms with Crippen LogP contribution in [0.3, 0.4) is 0 Å². The summed E-state index contributed by atoms with van der Waals surface area (Å²) in [6.45, 7) is 13.8. The van der Waals surface area contributed by atoms with Gasteiger partial charge in [0.05, 0.1) is 11.4 Å². The maximum Gasteiger partial charge on any atom is 0.254 e. The molecule has 2 saturated heterocycles. The van der Waals surface area contributed by atoms with Crippen molar-refractivity contribution in [2.24, 2.45) is 11.3 Å². The highest BCUT2D eigenvalue weighted by Crippen LogP contribution is 2.28. The fraction of sp³-hybridized carbons (Fsp3) is 0.472. The molecule has 1 unspecified atom stereocenters. The second kappa shape index (κ2) is 13.2. The molecular formula is C36H46N4O2. The first-order chi connectivity index (χ1) is 20.2. The number of amides is 2. The first-order valence-corrected chi connectivity index (χ1v) is 15.6. The lowest BCUT2D eigenvalue weighted by Gasteiger charge is -2.43. The molecule has 5 rings (SSSR count). The Morgan fingerprint density at radius 2 is 1.31 bits per heavy atom. The fourth-order valence-corrected chi connectivity index (χ4v) is 6.67. The van der Waals surface area contributed by atoms with E-state index in [1.807, 2.05) is 77.7 Å². The van der Waals surface area contributed by atoms with Crippen molar-refractivity contribution in [1.29, 1.82) is 0 Å². The molecule has 2 aliphatic rings. The molecule has 0 radical (unpaired) electrons. The quantitative estimate of drug-likeness (QED) is 0.322. The predicted octanol–water partition coefficient (Wildman–Crippen LogP) is 6.63. The Labute approximate surface area is 251 Å². The molecular weight excluding hydrogens is 520 g/mol. The molecule has 3 aromatic rings. The van der Waals surface area contributed by atoms with Gasteiger partial charge in [0.25, 0.3) is 5.91 Å². The normalized spacial score (nSPS) is 17.7. The van der Waals surface area contributed by atoms with Crippen molar-refractivity contribution in [3.63, 3.8) is 0 Å². The van der Waals surface area contributed by atoms with Crippen LogP contribution in [0.1, 0.15) is 63.7 Å². The van der Waals surface area contributed by atoms with Crippen LogP contribution >= 0.6 is 0 Å². The molecule has 0 spiro atoms. The molecule has 0 N–H and O–H groups in total. The van der Waals surface area contributed by atoms with E-state index in [0.29, 0.717) is 42.9 Å². The van der Waals surface area contributed by atoms with Crippen LogP contribution in [0, 0.1) is 11.3 Å². The number of piperazine rings is 1. The molecule has 6 heteroatoms. The van der Waals surface area contributed by atoms with E-state index in [0.717, 1.165) is 68.0 Å². The van der Waals surface area contributed by atoms with Crippen molar-refractivity contribution in [2.45, 2.75) is 59.4 Å². The topological polar surface area (TPSA) is 56.8 Å². The predicted molar refractivity (Wildman–Crippen MR) is 170 cm³/mol. The molecule has 2 aromatic carbocycles. The minimum absolute atomic E-state index is 0.0659. The van der Waals surface area contributed by atoms with Crippen molar-refractivity contribution in [1.82, 2.24) is 19.7 Å². The number of carbonyl (C=O) groups excluding carboxylic acids is 2. The summed E-state index contributed by atoms with van der Waals surface area (Å²) in [5.74, 6) is 0.785. The van der Waals surface area contributed by atoms with Crippen LogP contribution in [0.5, 0.6) is 0 Å². The lowest BCUT2D eigenvalue weighted by Crippen LogP contribution is -2.54. The van der Waals surface area contributed by atoms with Crippen molar-refractivity contribution in [2.75, 3.05) is 39.3 Å². The SMILES string of the molecule is CC(CC(=O)N1CCC(N2CCN(C(=O)c3cc(-c4ccccc4)nc(-c4ccccc4)c3)CC2)CC1)CC(C)(C)C. The molecule has 222 valence electrons. The van der Waals surface area contributed by atoms with Gasteiger partial charge in [-0.1, -0.05) is 88.4 Å². The Bertz CT molecular complexity index is 1280. The minimum atomic E-state index is 0.0659. The van der Waals surface area contributed by atoms with Crippen LogP contribution < -0.4 is 0 Å². The second-order valence-corrected chi connectivity index (χ2v) is 13.4. The van der Waals surface area contributed by atoms with Gasteiger partial charge in [0, 0.05) is 68.4 Å². The van der Waals surface area contributed by atoms with Gasteiger partial charge in [-0.3, -0.25) is 14.5 Å². The smallest absolute Gasteiger partial charge is 0.254 e. The van der Waals surface area contributed by atoms with Gasteiger partial charge >= 0.3 is 0 Å². The molecule has 2 aliphatic heterocycles. The van der Waals surface area contributed by atoms with E-state index in [1.165, 1.54) is 0 Å². The van der Waals surface area contributed by atoms with E-state index in [4.69, 9.17) is 4.98 Å². The van der Waals surface area contributed by atoms with E-state index < -0.39 is 0 Å². The largest absolute Gasteiger partial charge is 0.343 e. The van der Waals surface area contributed by atoms with Gasteiger partial charge in [0.2, 0.25) is 5.91 Å². The maximum absolute atomic E-state index is 13.8. The second-order valence-electron chi connectivity index (χ2n) is 13.4. The molecule has 1 aromatic heterocycles. The summed E-state index contributed by atoms with van der Waals surface area (Å²) in [6, 6.07) is 24.5. The van der Waals surface area contributed by atoms with Crippen LogP contribution in [0.4, 0.5) is 0 Å². The van der Waals surface area contributed by atoms with Gasteiger partial charge in [-0.25, -0.2) is 4.98 Å². The summed E-state index contributed by atoms with van der Waals surface area (Å²) in [4.78, 5) is 38.2. The van der Waals surface area contributed by atoms with Crippen molar-refractivity contribution in [3.8, 4) is 22.5 Å². The summed E-state index contributed by atoms with van der Waals surface area (Å²) in [5.41, 5.74) is 4.57. The van der Waals surface area contributed by atoms with Crippen LogP contribution in [0.15, 0.2) is 72.8 Å². The minimum Gasteiger partial charge on any atom is -0.343 e. The van der Waals surface area contributed by atoms with Gasteiger partial charge in [-0.2, -0.15) is 0 Å². The number of benzene rings is 2. The van der Waals surface area contributed by atoms with Crippen molar-refractivity contribution < 1.29 is 9.59 Å². The molecule has 3 heterocycles. The highest BCUT2D eigenvalue weighted by Gasteiger charge is 2.31. The number of piperidine rings is 1. The molecule has 0 bridgehead atoms. The first kappa shape index (κ1) is 30.0. The number of carbonyl (C=O) groups is 2. The third kappa shape index (κ3) is 7.65. The number of hydrogen-bond donors (Lipinski definition) is 0. The molecule has 2 amide bonds. The average Bonchev–Trinajstić information content (AvgIpc) is 3.00. The van der Waals surface area contributed by atoms with Gasteiger partial charge in [0.1, 0.15) is 0 Å². The summed E-state index contributed by atoms with van der Waals surface area (Å²) in [6.07, 6.45) is 3.74. The van der Waals surface area contributed by atoms with E-state index in [9.17, 15) is 9.59 Å². The molecule has 2 fully saturated rings. The Morgan fingerprint density at radius 1 is 0.786 bits per heavy atom. The summed E-state index contributed by atoms with van der Waals surface area (Å²) >= 11 is 0. The fourth-order valence-electron chi connectivity index (χ4n) is 6.67. The van der Waals surface area contributed by atoms with Gasteiger partial charge < -0.3 is 9.80 Å². The zero-order valence-corrected chi connectivity index (χ0v) is 25.8. The van der Waals surface area contributed by atoms with E-state index >= 15 is 0 Å². The van der Waals surface area contributed by atoms with Gasteiger partial charge in [-0.15, -0.1) is 0 Å². The van der Waals surface area contributed by atoms with Crippen LogP contribution in [-0.2, 0) is 4.79 Å². The standard InChI is InChI=1S/C36H46N4O2/c1-27(26-36(2,3)4)23-34(41)39-17-15-31(16-18-39)38-19-21-40(22-20-38)35(42)30-24-32(28-11-7-5-8-12-28)37-33(25-30)29-13-9-6-10-14-29/h5-14,24-25,27,31H,15-23,26H2,1-4H3. The number of hydrogen-bond acceptors (Lipinski definition) is 4. The molecule has 0 saturated carbocycles. The number of likely N-dealkylation sites (tertiary alicyclic amines) is 1. The highest BCUT2D eigenvalue weighted by molar-refractivity contribution is 5.96. The highest BCUT2D eigenvalue weighted by atomic mass is 16.2. The molecule has 6 nitrogen and oxygen atoms in total. The number of nitrogens with zero attached hydrogens (tertiary/aromatic N) is 4. The van der Waals surface area contributed by atoms with Crippen molar-refractivity contribution in [3.05, 3.63) is 78.4 Å². The summed E-state index contributed by atoms with van der Waals surface area (Å²) in [7, 11) is 0. The average molecular weight is 567 g/mol.